The van der Waals surface area contributed by atoms with E-state index >= 15 is 0 Å². The van der Waals surface area contributed by atoms with Gasteiger partial charge in [0.1, 0.15) is 17.2 Å². The molecule has 2 aliphatic heterocycles. The number of hydrogen-bond acceptors (Lipinski definition) is 6. The van der Waals surface area contributed by atoms with Crippen LogP contribution in [0, 0.1) is 5.82 Å². The Bertz CT molecular complexity index is 1320. The van der Waals surface area contributed by atoms with Crippen molar-refractivity contribution >= 4 is 35.0 Å². The highest BCUT2D eigenvalue weighted by molar-refractivity contribution is 6.20. The normalized spacial score (nSPS) is 16.3. The van der Waals surface area contributed by atoms with E-state index in [1.165, 1.54) is 19.1 Å². The van der Waals surface area contributed by atoms with Crippen LogP contribution < -0.4 is 10.2 Å². The number of Topliss-reactive ketones (excluding diaryl/α,β-unsaturated/α-hetero) is 1. The minimum atomic E-state index is -0.359. The fourth-order valence-corrected chi connectivity index (χ4v) is 4.27. The zero-order chi connectivity index (χ0) is 24.2. The lowest BCUT2D eigenvalue weighted by atomic mass is 10.1. The summed E-state index contributed by atoms with van der Waals surface area (Å²) in [6.07, 6.45) is 0. The van der Waals surface area contributed by atoms with Gasteiger partial charge in [0.25, 0.3) is 5.91 Å². The Hall–Kier alpha value is -4.01. The highest BCUT2D eigenvalue weighted by Gasteiger charge is 2.45. The largest absolute Gasteiger partial charge is 0.340 e. The summed E-state index contributed by atoms with van der Waals surface area (Å²) in [5.74, 6) is 1.06. The summed E-state index contributed by atoms with van der Waals surface area (Å²) in [5, 5.41) is 8.10. The third-order valence-corrected chi connectivity index (χ3v) is 6.00. The van der Waals surface area contributed by atoms with Crippen molar-refractivity contribution in [3.63, 3.8) is 0 Å². The molecule has 0 aliphatic carbocycles. The molecule has 0 radical (unpaired) electrons. The van der Waals surface area contributed by atoms with Crippen molar-refractivity contribution in [2.45, 2.75) is 32.9 Å². The second-order valence-electron chi connectivity index (χ2n) is 9.26. The molecule has 0 saturated heterocycles. The van der Waals surface area contributed by atoms with E-state index in [4.69, 9.17) is 10.1 Å². The molecule has 0 atom stereocenters. The number of carbonyl (C=O) groups excluding carboxylic acids is 2. The smallest absolute Gasteiger partial charge is 0.267 e. The number of carbonyl (C=O) groups is 2. The molecule has 1 amide bonds. The number of rotatable bonds is 5. The minimum Gasteiger partial charge on any atom is -0.340 e. The first-order valence-electron chi connectivity index (χ1n) is 11.0. The summed E-state index contributed by atoms with van der Waals surface area (Å²) in [4.78, 5) is 33.3. The van der Waals surface area contributed by atoms with Gasteiger partial charge in [0, 0.05) is 18.3 Å². The Balaban J connectivity index is 1.61. The van der Waals surface area contributed by atoms with Gasteiger partial charge < -0.3 is 5.32 Å². The van der Waals surface area contributed by atoms with E-state index in [0.717, 1.165) is 5.56 Å². The molecule has 34 heavy (non-hydrogen) atoms. The highest BCUT2D eigenvalue weighted by Crippen LogP contribution is 2.38. The van der Waals surface area contributed by atoms with Crippen LogP contribution in [-0.4, -0.2) is 51.5 Å². The number of guanidine groups is 1. The Labute approximate surface area is 196 Å². The molecule has 9 heteroatoms. The van der Waals surface area contributed by atoms with Crippen LogP contribution in [0.5, 0.6) is 0 Å². The average molecular weight is 461 g/mol. The zero-order valence-corrected chi connectivity index (χ0v) is 19.5. The van der Waals surface area contributed by atoms with E-state index in [2.05, 4.69) is 5.32 Å². The van der Waals surface area contributed by atoms with Crippen LogP contribution in [0.15, 0.2) is 53.5 Å². The molecule has 5 rings (SSSR count). The van der Waals surface area contributed by atoms with Gasteiger partial charge in [0.2, 0.25) is 5.96 Å². The van der Waals surface area contributed by atoms with Crippen LogP contribution in [0.25, 0.3) is 0 Å². The van der Waals surface area contributed by atoms with Gasteiger partial charge in [-0.1, -0.05) is 24.3 Å². The third-order valence-electron chi connectivity index (χ3n) is 6.00. The van der Waals surface area contributed by atoms with Gasteiger partial charge in [-0.25, -0.2) is 14.1 Å². The molecule has 0 unspecified atom stereocenters. The van der Waals surface area contributed by atoms with E-state index in [-0.39, 0.29) is 23.0 Å². The first-order valence-corrected chi connectivity index (χ1v) is 11.0. The topological polar surface area (TPSA) is 82.8 Å². The Morgan fingerprint density at radius 1 is 1.12 bits per heavy atom. The van der Waals surface area contributed by atoms with Crippen molar-refractivity contribution in [2.24, 2.45) is 4.99 Å². The second kappa shape index (κ2) is 7.79. The van der Waals surface area contributed by atoms with E-state index < -0.39 is 0 Å². The summed E-state index contributed by atoms with van der Waals surface area (Å²) in [7, 11) is 1.71. The van der Waals surface area contributed by atoms with Crippen LogP contribution in [0.4, 0.5) is 21.7 Å². The number of fused-ring (bicyclic) bond motifs is 3. The van der Waals surface area contributed by atoms with Crippen molar-refractivity contribution in [2.75, 3.05) is 23.8 Å². The van der Waals surface area contributed by atoms with Gasteiger partial charge in [0.05, 0.1) is 18.6 Å². The number of amides is 1. The minimum absolute atomic E-state index is 0.00290. The molecule has 0 fully saturated rings. The maximum absolute atomic E-state index is 13.5. The van der Waals surface area contributed by atoms with Gasteiger partial charge in [-0.15, -0.1) is 0 Å². The molecule has 0 bridgehead atoms. The second-order valence-corrected chi connectivity index (χ2v) is 9.26. The quantitative estimate of drug-likeness (QED) is 0.581. The maximum atomic E-state index is 13.5. The van der Waals surface area contributed by atoms with Gasteiger partial charge in [-0.05, 0) is 50.6 Å². The molecule has 1 N–H and O–H groups in total. The van der Waals surface area contributed by atoms with Gasteiger partial charge in [0.15, 0.2) is 11.6 Å². The number of nitrogens with one attached hydrogen (secondary N) is 1. The van der Waals surface area contributed by atoms with Crippen LogP contribution in [-0.2, 0) is 6.54 Å². The maximum Gasteiger partial charge on any atom is 0.267 e. The van der Waals surface area contributed by atoms with Crippen LogP contribution in [0.2, 0.25) is 0 Å². The van der Waals surface area contributed by atoms with E-state index in [9.17, 15) is 14.0 Å². The van der Waals surface area contributed by atoms with Crippen molar-refractivity contribution < 1.29 is 14.0 Å². The first-order chi connectivity index (χ1) is 16.1. The average Bonchev–Trinajstić information content (AvgIpc) is 3.31. The SMILES string of the molecule is CC(=O)c1ccc(Cn2nc3c(c2Nc2ccc(F)cc2)C(=O)N(C)C2=NC(C)(C)CN23)cc1. The molecule has 0 spiro atoms. The Kier molecular flexibility index (Phi) is 5.00. The van der Waals surface area contributed by atoms with Crippen LogP contribution in [0.1, 0.15) is 47.1 Å². The molecule has 1 aromatic heterocycles. The molecule has 2 aromatic carbocycles. The summed E-state index contributed by atoms with van der Waals surface area (Å²) in [6, 6.07) is 13.3. The van der Waals surface area contributed by atoms with E-state index in [0.29, 0.717) is 47.5 Å². The number of aromatic nitrogens is 2. The predicted molar refractivity (Wildman–Crippen MR) is 128 cm³/mol. The molecular weight excluding hydrogens is 435 g/mol. The summed E-state index contributed by atoms with van der Waals surface area (Å²) in [5.41, 5.74) is 2.26. The fraction of sp³-hybridized carbons (Fsp3) is 0.280. The number of hydrogen-bond donors (Lipinski definition) is 1. The molecule has 174 valence electrons. The number of aliphatic imine (C=N–C) groups is 1. The van der Waals surface area contributed by atoms with Crippen molar-refractivity contribution in [3.05, 3.63) is 71.0 Å². The number of anilines is 3. The number of nitrogens with zero attached hydrogens (tertiary/aromatic N) is 5. The van der Waals surface area contributed by atoms with Crippen molar-refractivity contribution in [3.8, 4) is 0 Å². The lowest BCUT2D eigenvalue weighted by Gasteiger charge is -2.30. The van der Waals surface area contributed by atoms with Gasteiger partial charge in [-0.3, -0.25) is 19.4 Å². The molecule has 0 saturated carbocycles. The van der Waals surface area contributed by atoms with E-state index in [1.807, 2.05) is 30.9 Å². The Morgan fingerprint density at radius 2 is 1.79 bits per heavy atom. The molecule has 3 aromatic rings. The number of benzene rings is 2. The van der Waals surface area contributed by atoms with Crippen molar-refractivity contribution in [1.82, 2.24) is 14.7 Å². The first kappa shape index (κ1) is 21.8. The standard InChI is InChI=1S/C25H25FN6O2/c1-15(33)17-7-5-16(6-8-17)13-32-21(27-19-11-9-18(26)10-12-19)20-22(29-32)31-14-25(2,3)28-24(31)30(4)23(20)34/h5-12,27H,13-14H2,1-4H3. The summed E-state index contributed by atoms with van der Waals surface area (Å²) in [6.45, 7) is 6.52. The zero-order valence-electron chi connectivity index (χ0n) is 19.5. The fourth-order valence-electron chi connectivity index (χ4n) is 4.27. The lowest BCUT2D eigenvalue weighted by molar-refractivity contribution is 0.0866. The highest BCUT2D eigenvalue weighted by atomic mass is 19.1. The Morgan fingerprint density at radius 3 is 2.44 bits per heavy atom. The third kappa shape index (κ3) is 3.72. The molecule has 8 nitrogen and oxygen atoms in total. The van der Waals surface area contributed by atoms with Gasteiger partial charge in [-0.2, -0.15) is 5.10 Å². The predicted octanol–water partition coefficient (Wildman–Crippen LogP) is 4.06. The number of halogens is 1. The van der Waals surface area contributed by atoms with Crippen molar-refractivity contribution in [1.29, 1.82) is 0 Å². The van der Waals surface area contributed by atoms with Crippen LogP contribution in [0.3, 0.4) is 0 Å². The summed E-state index contributed by atoms with van der Waals surface area (Å²) < 4.78 is 15.2. The summed E-state index contributed by atoms with van der Waals surface area (Å²) >= 11 is 0. The molecule has 2 aliphatic rings. The van der Waals surface area contributed by atoms with Gasteiger partial charge >= 0.3 is 0 Å². The van der Waals surface area contributed by atoms with E-state index in [1.54, 1.807) is 40.9 Å². The monoisotopic (exact) mass is 460 g/mol. The lowest BCUT2D eigenvalue weighted by Crippen LogP contribution is -2.48. The number of ketones is 1. The molecule has 3 heterocycles. The molecular formula is C25H25FN6O2. The van der Waals surface area contributed by atoms with Crippen LogP contribution >= 0.6 is 0 Å².